The Kier molecular flexibility index (Phi) is 5.10. The Morgan fingerprint density at radius 1 is 1.27 bits per heavy atom. The molecule has 0 aliphatic carbocycles. The molecule has 3 N–H and O–H groups in total. The van der Waals surface area contributed by atoms with E-state index in [0.29, 0.717) is 19.4 Å². The molecule has 2 heterocycles. The van der Waals surface area contributed by atoms with Crippen LogP contribution in [-0.4, -0.2) is 35.8 Å². The van der Waals surface area contributed by atoms with Crippen LogP contribution in [0.15, 0.2) is 0 Å². The number of ether oxygens (including phenoxy) is 1. The van der Waals surface area contributed by atoms with Crippen molar-refractivity contribution in [3.05, 3.63) is 20.9 Å². The van der Waals surface area contributed by atoms with E-state index in [1.54, 1.807) is 0 Å². The molecule has 0 saturated carbocycles. The number of aromatic nitrogens is 1. The lowest BCUT2D eigenvalue weighted by molar-refractivity contribution is -0.380. The third kappa shape index (κ3) is 3.26. The van der Waals surface area contributed by atoms with Crippen LogP contribution in [0.4, 0.5) is 5.69 Å². The number of nitrogens with two attached hydrogens (primary N) is 1. The van der Waals surface area contributed by atoms with Gasteiger partial charge in [0, 0.05) is 13.0 Å². The summed E-state index contributed by atoms with van der Waals surface area (Å²) in [6, 6.07) is 0. The standard InChI is InChI=1S/C12H10Cl3N3O4/c13-7-9(16)8(14)11(15)17-10(7)12(21)22-4-6(20)18-3-1-2-5(18)19/h1-4H2,(H2,16,17)/p+1. The fourth-order valence-corrected chi connectivity index (χ4v) is 2.50. The zero-order valence-electron chi connectivity index (χ0n) is 11.1. The molecular formula is C12H11Cl3N3O4+. The number of aromatic amines is 1. The van der Waals surface area contributed by atoms with Gasteiger partial charge in [-0.3, -0.25) is 14.5 Å². The minimum absolute atomic E-state index is 0.0260. The molecule has 0 atom stereocenters. The number of nitrogens with zero attached hydrogens (tertiary/aromatic N) is 1. The van der Waals surface area contributed by atoms with Gasteiger partial charge >= 0.3 is 11.7 Å². The molecule has 0 unspecified atom stereocenters. The van der Waals surface area contributed by atoms with Gasteiger partial charge in [0.2, 0.25) is 5.91 Å². The van der Waals surface area contributed by atoms with Crippen LogP contribution >= 0.6 is 34.8 Å². The van der Waals surface area contributed by atoms with Crippen molar-refractivity contribution in [2.45, 2.75) is 12.8 Å². The van der Waals surface area contributed by atoms with Crippen molar-refractivity contribution in [3.8, 4) is 0 Å². The molecule has 1 saturated heterocycles. The summed E-state index contributed by atoms with van der Waals surface area (Å²) in [6.07, 6.45) is 0.907. The molecule has 22 heavy (non-hydrogen) atoms. The van der Waals surface area contributed by atoms with Crippen molar-refractivity contribution < 1.29 is 24.1 Å². The lowest BCUT2D eigenvalue weighted by Crippen LogP contribution is -2.36. The van der Waals surface area contributed by atoms with Gasteiger partial charge in [-0.2, -0.15) is 4.98 Å². The Bertz CT molecular complexity index is 666. The first-order valence-electron chi connectivity index (χ1n) is 6.18. The monoisotopic (exact) mass is 366 g/mol. The number of pyridine rings is 1. The molecule has 1 aromatic rings. The van der Waals surface area contributed by atoms with Crippen molar-refractivity contribution in [2.75, 3.05) is 18.9 Å². The second kappa shape index (κ2) is 6.68. The predicted octanol–water partition coefficient (Wildman–Crippen LogP) is 1.35. The van der Waals surface area contributed by atoms with Gasteiger partial charge in [0.1, 0.15) is 10.0 Å². The summed E-state index contributed by atoms with van der Waals surface area (Å²) >= 11 is 17.4. The first-order valence-corrected chi connectivity index (χ1v) is 7.32. The summed E-state index contributed by atoms with van der Waals surface area (Å²) in [7, 11) is 0. The van der Waals surface area contributed by atoms with Crippen molar-refractivity contribution in [2.24, 2.45) is 0 Å². The lowest BCUT2D eigenvalue weighted by Gasteiger charge is -2.12. The third-order valence-corrected chi connectivity index (χ3v) is 4.19. The Morgan fingerprint density at radius 3 is 2.55 bits per heavy atom. The summed E-state index contributed by atoms with van der Waals surface area (Å²) in [6.45, 7) is -0.267. The van der Waals surface area contributed by atoms with Crippen LogP contribution in [0, 0.1) is 0 Å². The molecule has 1 aliphatic rings. The normalized spacial score (nSPS) is 14.3. The van der Waals surface area contributed by atoms with Crippen LogP contribution in [0.1, 0.15) is 23.3 Å². The van der Waals surface area contributed by atoms with Crippen LogP contribution < -0.4 is 10.7 Å². The summed E-state index contributed by atoms with van der Waals surface area (Å²) in [5, 5.41) is -0.275. The number of likely N-dealkylation sites (tertiary alicyclic amines) is 1. The van der Waals surface area contributed by atoms with E-state index in [1.807, 2.05) is 0 Å². The highest BCUT2D eigenvalue weighted by molar-refractivity contribution is 6.45. The van der Waals surface area contributed by atoms with Gasteiger partial charge in [-0.15, -0.1) is 0 Å². The van der Waals surface area contributed by atoms with Crippen molar-refractivity contribution in [1.82, 2.24) is 4.90 Å². The molecule has 118 valence electrons. The summed E-state index contributed by atoms with van der Waals surface area (Å²) in [5.74, 6) is -1.82. The molecule has 0 aromatic carbocycles. The number of rotatable bonds is 3. The number of carbonyl (C=O) groups excluding carboxylic acids is 3. The highest BCUT2D eigenvalue weighted by Gasteiger charge is 2.30. The van der Waals surface area contributed by atoms with Gasteiger partial charge in [-0.25, -0.2) is 4.79 Å². The van der Waals surface area contributed by atoms with Crippen molar-refractivity contribution in [1.29, 1.82) is 0 Å². The first-order chi connectivity index (χ1) is 10.3. The van der Waals surface area contributed by atoms with Crippen LogP contribution in [0.5, 0.6) is 0 Å². The van der Waals surface area contributed by atoms with E-state index in [2.05, 4.69) is 4.98 Å². The largest absolute Gasteiger partial charge is 0.448 e. The van der Waals surface area contributed by atoms with Gasteiger partial charge in [0.05, 0.1) is 5.69 Å². The second-order valence-electron chi connectivity index (χ2n) is 4.47. The highest BCUT2D eigenvalue weighted by atomic mass is 35.5. The van der Waals surface area contributed by atoms with E-state index >= 15 is 0 Å². The number of nitrogen functional groups attached to an aromatic ring is 1. The molecule has 10 heteroatoms. The lowest BCUT2D eigenvalue weighted by atomic mass is 10.3. The molecule has 1 aliphatic heterocycles. The fourth-order valence-electron chi connectivity index (χ4n) is 1.90. The van der Waals surface area contributed by atoms with Gasteiger partial charge in [0.25, 0.3) is 11.1 Å². The van der Waals surface area contributed by atoms with E-state index in [-0.39, 0.29) is 32.5 Å². The number of halogens is 3. The summed E-state index contributed by atoms with van der Waals surface area (Å²) in [5.41, 5.74) is 5.29. The molecule has 1 fully saturated rings. The molecule has 0 radical (unpaired) electrons. The smallest absolute Gasteiger partial charge is 0.405 e. The Hall–Kier alpha value is -1.57. The minimum atomic E-state index is -0.935. The first kappa shape index (κ1) is 16.8. The summed E-state index contributed by atoms with van der Waals surface area (Å²) in [4.78, 5) is 38.6. The van der Waals surface area contributed by atoms with E-state index in [9.17, 15) is 14.4 Å². The van der Waals surface area contributed by atoms with Crippen molar-refractivity contribution >= 4 is 58.3 Å². The minimum Gasteiger partial charge on any atom is -0.448 e. The van der Waals surface area contributed by atoms with Crippen LogP contribution in [0.3, 0.4) is 0 Å². The number of hydrogen-bond acceptors (Lipinski definition) is 5. The fraction of sp³-hybridized carbons (Fsp3) is 0.333. The van der Waals surface area contributed by atoms with Gasteiger partial charge in [0.15, 0.2) is 6.61 Å². The topological polar surface area (TPSA) is 104 Å². The molecular weight excluding hydrogens is 357 g/mol. The maximum atomic E-state index is 11.9. The zero-order valence-corrected chi connectivity index (χ0v) is 13.4. The maximum absolute atomic E-state index is 11.9. The molecule has 1 aromatic heterocycles. The number of anilines is 1. The molecule has 2 rings (SSSR count). The van der Waals surface area contributed by atoms with Gasteiger partial charge in [-0.05, 0) is 18.0 Å². The Balaban J connectivity index is 2.07. The third-order valence-electron chi connectivity index (χ3n) is 3.03. The predicted molar refractivity (Wildman–Crippen MR) is 78.7 cm³/mol. The van der Waals surface area contributed by atoms with E-state index < -0.39 is 18.5 Å². The number of nitrogens with one attached hydrogen (secondary N) is 1. The number of hydrogen-bond donors (Lipinski definition) is 1. The molecule has 0 bridgehead atoms. The Labute approximate surface area is 140 Å². The van der Waals surface area contributed by atoms with Gasteiger partial charge in [-0.1, -0.05) is 23.2 Å². The number of amides is 2. The second-order valence-corrected chi connectivity index (χ2v) is 5.61. The molecule has 0 spiro atoms. The SMILES string of the molecule is Nc1c(Cl)c(Cl)[nH+]c(C(=O)OCC(=O)N2CCCC2=O)c1Cl. The molecule has 2 amide bonds. The average molecular weight is 368 g/mol. The van der Waals surface area contributed by atoms with Crippen LogP contribution in [-0.2, 0) is 14.3 Å². The summed E-state index contributed by atoms with van der Waals surface area (Å²) < 4.78 is 4.83. The Morgan fingerprint density at radius 2 is 1.95 bits per heavy atom. The van der Waals surface area contributed by atoms with E-state index in [4.69, 9.17) is 45.3 Å². The van der Waals surface area contributed by atoms with Gasteiger partial charge < -0.3 is 10.5 Å². The number of carbonyl (C=O) groups is 3. The maximum Gasteiger partial charge on any atom is 0.405 e. The number of esters is 1. The number of H-pyrrole nitrogens is 1. The zero-order chi connectivity index (χ0) is 16.4. The number of imide groups is 1. The van der Waals surface area contributed by atoms with Crippen LogP contribution in [0.2, 0.25) is 15.2 Å². The highest BCUT2D eigenvalue weighted by Crippen LogP contribution is 2.32. The van der Waals surface area contributed by atoms with E-state index in [1.165, 1.54) is 0 Å². The average Bonchev–Trinajstić information content (AvgIpc) is 2.92. The quantitative estimate of drug-likeness (QED) is 0.641. The molecule has 7 nitrogen and oxygen atoms in total. The van der Waals surface area contributed by atoms with Crippen LogP contribution in [0.25, 0.3) is 0 Å². The van der Waals surface area contributed by atoms with E-state index in [0.717, 1.165) is 4.90 Å². The van der Waals surface area contributed by atoms with Crippen molar-refractivity contribution in [3.63, 3.8) is 0 Å².